The molecule has 1 N–H and O–H groups in total. The summed E-state index contributed by atoms with van der Waals surface area (Å²) >= 11 is 0. The molecule has 6 heteroatoms. The van der Waals surface area contributed by atoms with Gasteiger partial charge in [-0.25, -0.2) is 14.4 Å². The van der Waals surface area contributed by atoms with Crippen LogP contribution in [0.25, 0.3) is 27.8 Å². The maximum atomic E-state index is 13.4. The zero-order valence-electron chi connectivity index (χ0n) is 15.4. The molecule has 2 aromatic carbocycles. The molecule has 0 bridgehead atoms. The molecule has 0 aliphatic rings. The maximum Gasteiger partial charge on any atom is 0.150 e. The summed E-state index contributed by atoms with van der Waals surface area (Å²) in [5.41, 5.74) is 3.61. The predicted octanol–water partition coefficient (Wildman–Crippen LogP) is 5.43. The van der Waals surface area contributed by atoms with Crippen molar-refractivity contribution in [2.45, 2.75) is 6.54 Å². The highest BCUT2D eigenvalue weighted by atomic mass is 19.1. The first kappa shape index (κ1) is 17.2. The SMILES string of the molecule is Fc1ccc(-n2cc(-c3ccccc3)c3c(NCc4ccco4)ncnc32)cc1. The molecule has 0 aliphatic carbocycles. The Hall–Kier alpha value is -3.93. The van der Waals surface area contributed by atoms with Gasteiger partial charge in [-0.3, -0.25) is 0 Å². The maximum absolute atomic E-state index is 13.4. The Kier molecular flexibility index (Phi) is 4.29. The van der Waals surface area contributed by atoms with E-state index >= 15 is 0 Å². The van der Waals surface area contributed by atoms with E-state index in [4.69, 9.17) is 4.42 Å². The number of aromatic nitrogens is 3. The van der Waals surface area contributed by atoms with Gasteiger partial charge in [-0.05, 0) is 42.0 Å². The molecule has 5 rings (SSSR count). The zero-order chi connectivity index (χ0) is 19.6. The number of hydrogen-bond donors (Lipinski definition) is 1. The third-order valence-electron chi connectivity index (χ3n) is 4.78. The molecule has 0 spiro atoms. The van der Waals surface area contributed by atoms with E-state index in [0.29, 0.717) is 12.4 Å². The first-order chi connectivity index (χ1) is 14.3. The summed E-state index contributed by atoms with van der Waals surface area (Å²) in [6, 6.07) is 20.2. The third kappa shape index (κ3) is 3.25. The first-order valence-corrected chi connectivity index (χ1v) is 9.23. The van der Waals surface area contributed by atoms with Gasteiger partial charge < -0.3 is 14.3 Å². The van der Waals surface area contributed by atoms with Crippen LogP contribution in [0, 0.1) is 5.82 Å². The summed E-state index contributed by atoms with van der Waals surface area (Å²) in [6.07, 6.45) is 5.19. The van der Waals surface area contributed by atoms with Gasteiger partial charge in [0.2, 0.25) is 0 Å². The fraction of sp³-hybridized carbons (Fsp3) is 0.0435. The van der Waals surface area contributed by atoms with Gasteiger partial charge in [0.1, 0.15) is 23.7 Å². The molecule has 0 atom stereocenters. The van der Waals surface area contributed by atoms with Crippen LogP contribution in [0.5, 0.6) is 0 Å². The van der Waals surface area contributed by atoms with Crippen LogP contribution in [0.2, 0.25) is 0 Å². The van der Waals surface area contributed by atoms with E-state index in [-0.39, 0.29) is 5.82 Å². The Morgan fingerprint density at radius 2 is 1.76 bits per heavy atom. The van der Waals surface area contributed by atoms with Crippen molar-refractivity contribution in [3.63, 3.8) is 0 Å². The molecule has 142 valence electrons. The Morgan fingerprint density at radius 3 is 2.52 bits per heavy atom. The van der Waals surface area contributed by atoms with Crippen LogP contribution in [0.15, 0.2) is 89.9 Å². The Balaban J connectivity index is 1.69. The van der Waals surface area contributed by atoms with Crippen LogP contribution in [-0.4, -0.2) is 14.5 Å². The standard InChI is InChI=1S/C23H17FN4O/c24-17-8-10-18(11-9-17)28-14-20(16-5-2-1-3-6-16)21-22(26-15-27-23(21)28)25-13-19-7-4-12-29-19/h1-12,14-15H,13H2,(H,25,26,27). The van der Waals surface area contributed by atoms with Gasteiger partial charge in [0.25, 0.3) is 0 Å². The molecule has 0 fully saturated rings. The van der Waals surface area contributed by atoms with E-state index in [1.165, 1.54) is 18.5 Å². The lowest BCUT2D eigenvalue weighted by atomic mass is 10.1. The van der Waals surface area contributed by atoms with Gasteiger partial charge in [-0.15, -0.1) is 0 Å². The summed E-state index contributed by atoms with van der Waals surface area (Å²) < 4.78 is 20.8. The van der Waals surface area contributed by atoms with E-state index < -0.39 is 0 Å². The molecule has 0 radical (unpaired) electrons. The van der Waals surface area contributed by atoms with Crippen molar-refractivity contribution in [3.05, 3.63) is 97.1 Å². The zero-order valence-corrected chi connectivity index (χ0v) is 15.4. The first-order valence-electron chi connectivity index (χ1n) is 9.23. The van der Waals surface area contributed by atoms with Crippen LogP contribution >= 0.6 is 0 Å². The van der Waals surface area contributed by atoms with Crippen molar-refractivity contribution >= 4 is 16.9 Å². The van der Waals surface area contributed by atoms with Crippen molar-refractivity contribution in [3.8, 4) is 16.8 Å². The molecule has 3 aromatic heterocycles. The minimum atomic E-state index is -0.274. The van der Waals surface area contributed by atoms with Gasteiger partial charge in [0, 0.05) is 17.4 Å². The molecule has 0 unspecified atom stereocenters. The molecule has 0 aliphatic heterocycles. The lowest BCUT2D eigenvalue weighted by Gasteiger charge is -2.08. The lowest BCUT2D eigenvalue weighted by molar-refractivity contribution is 0.518. The van der Waals surface area contributed by atoms with Crippen molar-refractivity contribution < 1.29 is 8.81 Å². The molecule has 0 amide bonds. The number of rotatable bonds is 5. The molecule has 29 heavy (non-hydrogen) atoms. The molecular weight excluding hydrogens is 367 g/mol. The van der Waals surface area contributed by atoms with Crippen molar-refractivity contribution in [2.75, 3.05) is 5.32 Å². The largest absolute Gasteiger partial charge is 0.467 e. The van der Waals surface area contributed by atoms with Crippen LogP contribution in [0.4, 0.5) is 10.2 Å². The monoisotopic (exact) mass is 384 g/mol. The minimum Gasteiger partial charge on any atom is -0.467 e. The summed E-state index contributed by atoms with van der Waals surface area (Å²) in [4.78, 5) is 9.00. The predicted molar refractivity (Wildman–Crippen MR) is 110 cm³/mol. The Bertz CT molecular complexity index is 1250. The van der Waals surface area contributed by atoms with E-state index in [1.54, 1.807) is 18.4 Å². The second-order valence-electron chi connectivity index (χ2n) is 6.61. The number of fused-ring (bicyclic) bond motifs is 1. The highest BCUT2D eigenvalue weighted by Gasteiger charge is 2.17. The Labute approximate surface area is 166 Å². The second kappa shape index (κ2) is 7.24. The molecule has 0 saturated carbocycles. The molecule has 3 heterocycles. The highest BCUT2D eigenvalue weighted by molar-refractivity contribution is 6.02. The van der Waals surface area contributed by atoms with Gasteiger partial charge >= 0.3 is 0 Å². The van der Waals surface area contributed by atoms with E-state index in [2.05, 4.69) is 15.3 Å². The number of furan rings is 1. The topological polar surface area (TPSA) is 55.9 Å². The summed E-state index contributed by atoms with van der Waals surface area (Å²) in [7, 11) is 0. The van der Waals surface area contributed by atoms with Crippen LogP contribution in [0.1, 0.15) is 5.76 Å². The number of anilines is 1. The van der Waals surface area contributed by atoms with Crippen molar-refractivity contribution in [1.29, 1.82) is 0 Å². The summed E-state index contributed by atoms with van der Waals surface area (Å²) in [5.74, 6) is 1.26. The average Bonchev–Trinajstić information content (AvgIpc) is 3.42. The smallest absolute Gasteiger partial charge is 0.150 e. The minimum absolute atomic E-state index is 0.274. The fourth-order valence-corrected chi connectivity index (χ4v) is 3.41. The van der Waals surface area contributed by atoms with Gasteiger partial charge in [-0.2, -0.15) is 0 Å². The average molecular weight is 384 g/mol. The third-order valence-corrected chi connectivity index (χ3v) is 4.78. The van der Waals surface area contributed by atoms with Crippen molar-refractivity contribution in [2.24, 2.45) is 0 Å². The summed E-state index contributed by atoms with van der Waals surface area (Å²) in [5, 5.41) is 4.25. The normalized spacial score (nSPS) is 11.1. The number of nitrogens with zero attached hydrogens (tertiary/aromatic N) is 3. The van der Waals surface area contributed by atoms with Crippen LogP contribution in [0.3, 0.4) is 0 Å². The van der Waals surface area contributed by atoms with Crippen LogP contribution in [-0.2, 0) is 6.54 Å². The van der Waals surface area contributed by atoms with E-state index in [1.807, 2.05) is 53.2 Å². The quantitative estimate of drug-likeness (QED) is 0.439. The van der Waals surface area contributed by atoms with Gasteiger partial charge in [-0.1, -0.05) is 30.3 Å². The number of halogens is 1. The summed E-state index contributed by atoms with van der Waals surface area (Å²) in [6.45, 7) is 0.509. The number of nitrogens with one attached hydrogen (secondary N) is 1. The highest BCUT2D eigenvalue weighted by Crippen LogP contribution is 2.35. The molecule has 0 saturated heterocycles. The second-order valence-corrected chi connectivity index (χ2v) is 6.61. The van der Waals surface area contributed by atoms with Crippen molar-refractivity contribution in [1.82, 2.24) is 14.5 Å². The number of hydrogen-bond acceptors (Lipinski definition) is 4. The lowest BCUT2D eigenvalue weighted by Crippen LogP contribution is -2.02. The van der Waals surface area contributed by atoms with E-state index in [9.17, 15) is 4.39 Å². The molecule has 5 nitrogen and oxygen atoms in total. The molecular formula is C23H17FN4O. The van der Waals surface area contributed by atoms with Gasteiger partial charge in [0.05, 0.1) is 18.2 Å². The van der Waals surface area contributed by atoms with E-state index in [0.717, 1.165) is 33.6 Å². The molecule has 5 aromatic rings. The van der Waals surface area contributed by atoms with Gasteiger partial charge in [0.15, 0.2) is 5.65 Å². The van der Waals surface area contributed by atoms with Crippen LogP contribution < -0.4 is 5.32 Å². The Morgan fingerprint density at radius 1 is 0.931 bits per heavy atom. The number of benzene rings is 2. The fourth-order valence-electron chi connectivity index (χ4n) is 3.41.